The molecule has 1 aliphatic heterocycles. The zero-order chi connectivity index (χ0) is 28.1. The maximum atomic E-state index is 12.4. The van der Waals surface area contributed by atoms with Crippen LogP contribution in [0.1, 0.15) is 30.7 Å². The van der Waals surface area contributed by atoms with Crippen LogP contribution in [0.4, 0.5) is 0 Å². The number of fused-ring (bicyclic) bond motifs is 2. The molecule has 1 saturated carbocycles. The Morgan fingerprint density at radius 2 is 1.93 bits per heavy atom. The van der Waals surface area contributed by atoms with E-state index in [4.69, 9.17) is 9.84 Å². The zero-order valence-electron chi connectivity index (χ0n) is 22.7. The fourth-order valence-electron chi connectivity index (χ4n) is 5.79. The number of ether oxygens (including phenoxy) is 1. The minimum absolute atomic E-state index is 0.0731. The molecule has 11 heteroatoms. The largest absolute Gasteiger partial charge is 0.379 e. The van der Waals surface area contributed by atoms with Crippen LogP contribution in [0.15, 0.2) is 79.4 Å². The van der Waals surface area contributed by atoms with Gasteiger partial charge in [0, 0.05) is 35.5 Å². The lowest BCUT2D eigenvalue weighted by Gasteiger charge is -2.14. The first kappa shape index (κ1) is 24.7. The third-order valence-corrected chi connectivity index (χ3v) is 8.19. The molecular formula is C31H27N9O2. The molecule has 5 heterocycles. The standard InChI is InChI=1S/C31H27N9O2/c41-28(35-25-8-12-42-19-25)18-39-17-23(15-34-39)20-3-1-4-21(13-20)27-16-33-30-37-36-29(40(30)38-27)31(9-10-31)24-6-7-26-22(14-24)5-2-11-32-26/h1-7,11,13-17,25H,8-10,12,18-19H2,(H,35,41). The van der Waals surface area contributed by atoms with E-state index in [1.807, 2.05) is 36.7 Å². The molecule has 2 aliphatic rings. The van der Waals surface area contributed by atoms with Gasteiger partial charge in [-0.1, -0.05) is 30.3 Å². The number of carbonyl (C=O) groups is 1. The second-order valence-electron chi connectivity index (χ2n) is 11.0. The molecule has 11 nitrogen and oxygen atoms in total. The van der Waals surface area contributed by atoms with Crippen molar-refractivity contribution in [2.24, 2.45) is 0 Å². The summed E-state index contributed by atoms with van der Waals surface area (Å²) in [5.74, 6) is 1.20. The van der Waals surface area contributed by atoms with Crippen LogP contribution >= 0.6 is 0 Å². The number of hydrogen-bond donors (Lipinski definition) is 1. The molecule has 6 aromatic rings. The van der Waals surface area contributed by atoms with Crippen molar-refractivity contribution < 1.29 is 9.53 Å². The highest BCUT2D eigenvalue weighted by Gasteiger charge is 2.50. The van der Waals surface area contributed by atoms with Crippen LogP contribution < -0.4 is 5.32 Å². The van der Waals surface area contributed by atoms with Crippen molar-refractivity contribution in [3.63, 3.8) is 0 Å². The molecule has 1 unspecified atom stereocenters. The Balaban J connectivity index is 1.07. The molecule has 1 amide bonds. The molecule has 1 N–H and O–H groups in total. The van der Waals surface area contributed by atoms with Gasteiger partial charge < -0.3 is 10.1 Å². The highest BCUT2D eigenvalue weighted by atomic mass is 16.5. The number of nitrogens with one attached hydrogen (secondary N) is 1. The summed E-state index contributed by atoms with van der Waals surface area (Å²) in [5, 5.41) is 22.4. The van der Waals surface area contributed by atoms with Crippen LogP contribution in [0.3, 0.4) is 0 Å². The number of carbonyl (C=O) groups excluding carboxylic acids is 1. The summed E-state index contributed by atoms with van der Waals surface area (Å²) in [6.07, 6.45) is 9.98. The summed E-state index contributed by atoms with van der Waals surface area (Å²) in [7, 11) is 0. The Labute approximate surface area is 240 Å². The lowest BCUT2D eigenvalue weighted by Crippen LogP contribution is -2.37. The SMILES string of the molecule is O=C(Cn1cc(-c2cccc(-c3cnc4nnc(C5(c6ccc7ncccc7c6)CC5)n4n3)c2)cn1)NC1CCOC1. The van der Waals surface area contributed by atoms with E-state index in [0.29, 0.717) is 19.0 Å². The molecule has 2 fully saturated rings. The fraction of sp³-hybridized carbons (Fsp3) is 0.258. The molecule has 42 heavy (non-hydrogen) atoms. The van der Waals surface area contributed by atoms with Gasteiger partial charge in [-0.2, -0.15) is 14.7 Å². The summed E-state index contributed by atoms with van der Waals surface area (Å²) in [6, 6.07) is 18.6. The van der Waals surface area contributed by atoms with Crippen LogP contribution in [-0.2, 0) is 21.5 Å². The summed E-state index contributed by atoms with van der Waals surface area (Å²) < 4.78 is 8.78. The first-order valence-corrected chi connectivity index (χ1v) is 14.1. The Bertz CT molecular complexity index is 1950. The quantitative estimate of drug-likeness (QED) is 0.316. The normalized spacial score (nSPS) is 17.6. The van der Waals surface area contributed by atoms with E-state index in [1.165, 1.54) is 5.56 Å². The first-order chi connectivity index (χ1) is 20.6. The summed E-state index contributed by atoms with van der Waals surface area (Å²) in [4.78, 5) is 21.5. The zero-order valence-corrected chi connectivity index (χ0v) is 22.7. The average Bonchev–Trinajstić information content (AvgIpc) is 3.35. The minimum atomic E-state index is -0.246. The van der Waals surface area contributed by atoms with Crippen molar-refractivity contribution in [3.05, 3.63) is 90.8 Å². The average molecular weight is 558 g/mol. The van der Waals surface area contributed by atoms with Gasteiger partial charge in [0.25, 0.3) is 5.78 Å². The molecular weight excluding hydrogens is 530 g/mol. The highest BCUT2D eigenvalue weighted by Crippen LogP contribution is 2.53. The van der Waals surface area contributed by atoms with Gasteiger partial charge in [-0.25, -0.2) is 4.98 Å². The van der Waals surface area contributed by atoms with E-state index in [0.717, 1.165) is 58.4 Å². The van der Waals surface area contributed by atoms with Gasteiger partial charge in [-0.3, -0.25) is 14.5 Å². The fourth-order valence-corrected chi connectivity index (χ4v) is 5.79. The Morgan fingerprint density at radius 3 is 2.81 bits per heavy atom. The number of aromatic nitrogens is 8. The highest BCUT2D eigenvalue weighted by molar-refractivity contribution is 5.80. The van der Waals surface area contributed by atoms with Crippen LogP contribution in [0, 0.1) is 0 Å². The third-order valence-electron chi connectivity index (χ3n) is 8.19. The van der Waals surface area contributed by atoms with Gasteiger partial charge in [-0.05, 0) is 54.7 Å². The van der Waals surface area contributed by atoms with Gasteiger partial charge >= 0.3 is 0 Å². The van der Waals surface area contributed by atoms with Crippen LogP contribution in [0.25, 0.3) is 39.1 Å². The number of hydrogen-bond acceptors (Lipinski definition) is 8. The van der Waals surface area contributed by atoms with Crippen LogP contribution in [0.5, 0.6) is 0 Å². The van der Waals surface area contributed by atoms with Gasteiger partial charge in [0.15, 0.2) is 5.82 Å². The molecule has 0 radical (unpaired) electrons. The minimum Gasteiger partial charge on any atom is -0.379 e. The van der Waals surface area contributed by atoms with Crippen molar-refractivity contribution in [2.45, 2.75) is 37.3 Å². The lowest BCUT2D eigenvalue weighted by molar-refractivity contribution is -0.122. The predicted octanol–water partition coefficient (Wildman–Crippen LogP) is 3.58. The molecule has 1 saturated heterocycles. The summed E-state index contributed by atoms with van der Waals surface area (Å²) in [5.41, 5.74) is 5.43. The van der Waals surface area contributed by atoms with E-state index in [-0.39, 0.29) is 23.9 Å². The number of rotatable bonds is 7. The summed E-state index contributed by atoms with van der Waals surface area (Å²) in [6.45, 7) is 1.41. The third kappa shape index (κ3) is 4.38. The van der Waals surface area contributed by atoms with Crippen molar-refractivity contribution in [1.82, 2.24) is 44.9 Å². The van der Waals surface area contributed by atoms with E-state index in [9.17, 15) is 4.79 Å². The molecule has 208 valence electrons. The number of nitrogens with zero attached hydrogens (tertiary/aromatic N) is 8. The number of amides is 1. The topological polar surface area (TPSA) is 125 Å². The van der Waals surface area contributed by atoms with E-state index in [1.54, 1.807) is 21.6 Å². The maximum absolute atomic E-state index is 12.4. The van der Waals surface area contributed by atoms with Gasteiger partial charge in [0.05, 0.1) is 36.0 Å². The van der Waals surface area contributed by atoms with Crippen molar-refractivity contribution in [3.8, 4) is 22.4 Å². The second-order valence-corrected chi connectivity index (χ2v) is 11.0. The molecule has 1 atom stereocenters. The second kappa shape index (κ2) is 9.81. The molecule has 2 aromatic carbocycles. The number of benzene rings is 2. The van der Waals surface area contributed by atoms with Gasteiger partial charge in [0.1, 0.15) is 12.2 Å². The Hall–Kier alpha value is -5.03. The smallest absolute Gasteiger partial charge is 0.271 e. The molecule has 1 aliphatic carbocycles. The van der Waals surface area contributed by atoms with Crippen molar-refractivity contribution >= 4 is 22.6 Å². The molecule has 0 spiro atoms. The van der Waals surface area contributed by atoms with E-state index in [2.05, 4.69) is 60.9 Å². The van der Waals surface area contributed by atoms with Gasteiger partial charge in [0.2, 0.25) is 5.91 Å². The van der Waals surface area contributed by atoms with Crippen LogP contribution in [-0.4, -0.2) is 64.7 Å². The Kier molecular flexibility index (Phi) is 5.78. The number of pyridine rings is 1. The van der Waals surface area contributed by atoms with E-state index < -0.39 is 0 Å². The van der Waals surface area contributed by atoms with Crippen molar-refractivity contribution in [1.29, 1.82) is 0 Å². The summed E-state index contributed by atoms with van der Waals surface area (Å²) >= 11 is 0. The van der Waals surface area contributed by atoms with Crippen LogP contribution in [0.2, 0.25) is 0 Å². The maximum Gasteiger partial charge on any atom is 0.271 e. The molecule has 0 bridgehead atoms. The first-order valence-electron chi connectivity index (χ1n) is 14.1. The molecule has 4 aromatic heterocycles. The van der Waals surface area contributed by atoms with Gasteiger partial charge in [-0.15, -0.1) is 10.2 Å². The predicted molar refractivity (Wildman–Crippen MR) is 154 cm³/mol. The Morgan fingerprint density at radius 1 is 1.00 bits per heavy atom. The molecule has 8 rings (SSSR count). The van der Waals surface area contributed by atoms with Crippen molar-refractivity contribution in [2.75, 3.05) is 13.2 Å². The lowest BCUT2D eigenvalue weighted by atomic mass is 9.94. The monoisotopic (exact) mass is 557 g/mol. The van der Waals surface area contributed by atoms with E-state index >= 15 is 0 Å².